The number of nitrogens with zero attached hydrogens (tertiary/aromatic N) is 1. The van der Waals surface area contributed by atoms with Gasteiger partial charge >= 0.3 is 0 Å². The smallest absolute Gasteiger partial charge is 0.295 e. The number of rotatable bonds is 7. The average Bonchev–Trinajstić information content (AvgIpc) is 3.33. The van der Waals surface area contributed by atoms with Crippen molar-refractivity contribution in [1.29, 1.82) is 0 Å². The molecule has 1 saturated heterocycles. The molecule has 32 heavy (non-hydrogen) atoms. The van der Waals surface area contributed by atoms with E-state index in [1.807, 2.05) is 30.5 Å². The van der Waals surface area contributed by atoms with Crippen molar-refractivity contribution in [3.8, 4) is 5.75 Å². The van der Waals surface area contributed by atoms with Gasteiger partial charge in [-0.05, 0) is 46.6 Å². The van der Waals surface area contributed by atoms with Crippen molar-refractivity contribution < 1.29 is 19.4 Å². The summed E-state index contributed by atoms with van der Waals surface area (Å²) in [5.41, 5.74) is 2.25. The van der Waals surface area contributed by atoms with E-state index in [1.54, 1.807) is 30.2 Å². The van der Waals surface area contributed by atoms with Gasteiger partial charge in [0.2, 0.25) is 0 Å². The normalized spacial score (nSPS) is 18.0. The van der Waals surface area contributed by atoms with Gasteiger partial charge in [0.05, 0.1) is 23.2 Å². The molecule has 3 aromatic rings. The number of likely N-dealkylation sites (tertiary alicyclic amines) is 1. The van der Waals surface area contributed by atoms with Gasteiger partial charge in [-0.15, -0.1) is 0 Å². The lowest BCUT2D eigenvalue weighted by molar-refractivity contribution is -0.139. The second-order valence-electron chi connectivity index (χ2n) is 7.84. The van der Waals surface area contributed by atoms with Gasteiger partial charge in [0, 0.05) is 34.8 Å². The number of carbonyl (C=O) groups is 2. The van der Waals surface area contributed by atoms with Crippen molar-refractivity contribution in [3.63, 3.8) is 0 Å². The molecule has 7 heteroatoms. The van der Waals surface area contributed by atoms with Crippen LogP contribution in [0.3, 0.4) is 0 Å². The number of benzene rings is 2. The molecule has 1 fully saturated rings. The minimum atomic E-state index is -0.666. The lowest BCUT2D eigenvalue weighted by atomic mass is 9.95. The zero-order chi connectivity index (χ0) is 22.8. The summed E-state index contributed by atoms with van der Waals surface area (Å²) in [6.45, 7) is 2.54. The van der Waals surface area contributed by atoms with E-state index in [-0.39, 0.29) is 11.3 Å². The van der Waals surface area contributed by atoms with Gasteiger partial charge in [-0.25, -0.2) is 0 Å². The van der Waals surface area contributed by atoms with E-state index in [0.29, 0.717) is 22.3 Å². The van der Waals surface area contributed by atoms with Crippen LogP contribution in [0.25, 0.3) is 16.7 Å². The van der Waals surface area contributed by atoms with E-state index in [2.05, 4.69) is 27.8 Å². The molecule has 0 bridgehead atoms. The molecule has 1 aromatic heterocycles. The second-order valence-corrected chi connectivity index (χ2v) is 8.69. The molecule has 6 nitrogen and oxygen atoms in total. The van der Waals surface area contributed by atoms with E-state index in [1.165, 1.54) is 0 Å². The number of hydrogen-bond donors (Lipinski definition) is 2. The number of aliphatic hydroxyl groups is 1. The summed E-state index contributed by atoms with van der Waals surface area (Å²) < 4.78 is 5.91. The van der Waals surface area contributed by atoms with Gasteiger partial charge in [0.15, 0.2) is 0 Å². The monoisotopic (exact) mass is 496 g/mol. The number of aromatic nitrogens is 1. The van der Waals surface area contributed by atoms with Crippen molar-refractivity contribution in [3.05, 3.63) is 69.8 Å². The number of ether oxygens (including phenoxy) is 1. The molecule has 0 saturated carbocycles. The Morgan fingerprint density at radius 3 is 2.69 bits per heavy atom. The summed E-state index contributed by atoms with van der Waals surface area (Å²) in [7, 11) is 1.55. The molecule has 2 N–H and O–H groups in total. The number of aliphatic hydroxyl groups excluding tert-OH is 1. The zero-order valence-electron chi connectivity index (χ0n) is 18.0. The van der Waals surface area contributed by atoms with Crippen molar-refractivity contribution in [1.82, 2.24) is 9.88 Å². The van der Waals surface area contributed by atoms with Crippen LogP contribution in [0.2, 0.25) is 0 Å². The van der Waals surface area contributed by atoms with Crippen molar-refractivity contribution in [2.45, 2.75) is 32.2 Å². The highest BCUT2D eigenvalue weighted by atomic mass is 79.9. The van der Waals surface area contributed by atoms with Crippen LogP contribution < -0.4 is 4.74 Å². The number of ketones is 1. The number of carbonyl (C=O) groups excluding carboxylic acids is 2. The molecule has 1 unspecified atom stereocenters. The Kier molecular flexibility index (Phi) is 6.37. The van der Waals surface area contributed by atoms with Gasteiger partial charge in [-0.1, -0.05) is 38.0 Å². The Morgan fingerprint density at radius 2 is 1.97 bits per heavy atom. The molecule has 0 radical (unpaired) electrons. The van der Waals surface area contributed by atoms with Gasteiger partial charge in [-0.2, -0.15) is 0 Å². The summed E-state index contributed by atoms with van der Waals surface area (Å²) in [5, 5.41) is 12.2. The van der Waals surface area contributed by atoms with E-state index in [9.17, 15) is 14.7 Å². The number of aromatic amines is 1. The maximum Gasteiger partial charge on any atom is 0.295 e. The first-order valence-corrected chi connectivity index (χ1v) is 11.5. The lowest BCUT2D eigenvalue weighted by Crippen LogP contribution is -2.30. The third-order valence-electron chi connectivity index (χ3n) is 5.88. The molecule has 2 heterocycles. The van der Waals surface area contributed by atoms with Crippen molar-refractivity contribution >= 4 is 44.3 Å². The number of para-hydroxylation sites is 1. The maximum absolute atomic E-state index is 13.2. The molecule has 4 rings (SSSR count). The first kappa shape index (κ1) is 22.1. The fraction of sp³-hybridized carbons (Fsp3) is 0.280. The summed E-state index contributed by atoms with van der Waals surface area (Å²) >= 11 is 3.43. The largest absolute Gasteiger partial charge is 0.507 e. The summed E-state index contributed by atoms with van der Waals surface area (Å²) in [5.74, 6) is -0.832. The van der Waals surface area contributed by atoms with Crippen LogP contribution in [0.5, 0.6) is 5.75 Å². The first-order chi connectivity index (χ1) is 15.5. The predicted molar refractivity (Wildman–Crippen MR) is 128 cm³/mol. The number of halogens is 1. The standard InChI is InChI=1S/C25H25BrN2O4/c1-3-4-7-12-28-22(17-14-27-19-9-6-5-8-16(17)19)21(24(30)25(28)31)23(29)15-10-11-20(32-2)18(26)13-15/h5-6,8-11,13-14,22,27,29H,3-4,7,12H2,1-2H3/b23-21+. The molecule has 1 aliphatic heterocycles. The van der Waals surface area contributed by atoms with Crippen LogP contribution in [-0.4, -0.2) is 40.3 Å². The maximum atomic E-state index is 13.2. The Balaban J connectivity index is 1.88. The molecule has 0 spiro atoms. The summed E-state index contributed by atoms with van der Waals surface area (Å²) in [6, 6.07) is 12.2. The predicted octanol–water partition coefficient (Wildman–Crippen LogP) is 5.55. The van der Waals surface area contributed by atoms with E-state index >= 15 is 0 Å². The van der Waals surface area contributed by atoms with E-state index in [0.717, 1.165) is 35.7 Å². The van der Waals surface area contributed by atoms with Crippen LogP contribution >= 0.6 is 15.9 Å². The van der Waals surface area contributed by atoms with Crippen LogP contribution in [0.1, 0.15) is 43.4 Å². The van der Waals surface area contributed by atoms with Gasteiger partial charge in [0.1, 0.15) is 11.5 Å². The molecule has 166 valence electrons. The Bertz CT molecular complexity index is 1210. The number of Topliss-reactive ketones (excluding diaryl/α,β-unsaturated/α-hetero) is 1. The summed E-state index contributed by atoms with van der Waals surface area (Å²) in [6.07, 6.45) is 4.57. The van der Waals surface area contributed by atoms with Crippen LogP contribution in [0, 0.1) is 0 Å². The van der Waals surface area contributed by atoms with Crippen LogP contribution in [0.4, 0.5) is 0 Å². The third kappa shape index (κ3) is 3.81. The number of amides is 1. The Labute approximate surface area is 195 Å². The molecular formula is C25H25BrN2O4. The number of fused-ring (bicyclic) bond motifs is 1. The molecule has 2 aromatic carbocycles. The zero-order valence-corrected chi connectivity index (χ0v) is 19.6. The van der Waals surface area contributed by atoms with E-state index in [4.69, 9.17) is 4.74 Å². The average molecular weight is 497 g/mol. The number of nitrogens with one attached hydrogen (secondary N) is 1. The molecular weight excluding hydrogens is 472 g/mol. The van der Waals surface area contributed by atoms with Crippen LogP contribution in [0.15, 0.2) is 58.7 Å². The Morgan fingerprint density at radius 1 is 1.19 bits per heavy atom. The second kappa shape index (κ2) is 9.20. The first-order valence-electron chi connectivity index (χ1n) is 10.7. The molecule has 1 atom stereocenters. The Hall–Kier alpha value is -3.06. The van der Waals surface area contributed by atoms with Crippen molar-refractivity contribution in [2.24, 2.45) is 0 Å². The van der Waals surface area contributed by atoms with Crippen molar-refractivity contribution in [2.75, 3.05) is 13.7 Å². The SMILES string of the molecule is CCCCCN1C(=O)C(=O)/C(=C(/O)c2ccc(OC)c(Br)c2)C1c1c[nH]c2ccccc12. The molecule has 0 aliphatic carbocycles. The van der Waals surface area contributed by atoms with E-state index < -0.39 is 17.7 Å². The van der Waals surface area contributed by atoms with Gasteiger partial charge < -0.3 is 19.7 Å². The number of methoxy groups -OCH3 is 1. The highest BCUT2D eigenvalue weighted by molar-refractivity contribution is 9.10. The quantitative estimate of drug-likeness (QED) is 0.194. The number of unbranched alkanes of at least 4 members (excludes halogenated alkanes) is 2. The van der Waals surface area contributed by atoms with Gasteiger partial charge in [0.25, 0.3) is 11.7 Å². The number of hydrogen-bond acceptors (Lipinski definition) is 4. The van der Waals surface area contributed by atoms with Crippen LogP contribution in [-0.2, 0) is 9.59 Å². The lowest BCUT2D eigenvalue weighted by Gasteiger charge is -2.25. The number of H-pyrrole nitrogens is 1. The third-order valence-corrected chi connectivity index (χ3v) is 6.50. The van der Waals surface area contributed by atoms with Gasteiger partial charge in [-0.3, -0.25) is 9.59 Å². The highest BCUT2D eigenvalue weighted by Crippen LogP contribution is 2.42. The highest BCUT2D eigenvalue weighted by Gasteiger charge is 2.46. The minimum absolute atomic E-state index is 0.105. The fourth-order valence-electron chi connectivity index (χ4n) is 4.26. The topological polar surface area (TPSA) is 82.6 Å². The fourth-order valence-corrected chi connectivity index (χ4v) is 4.80. The molecule has 1 aliphatic rings. The minimum Gasteiger partial charge on any atom is -0.507 e. The molecule has 1 amide bonds. The summed E-state index contributed by atoms with van der Waals surface area (Å²) in [4.78, 5) is 31.0.